The summed E-state index contributed by atoms with van der Waals surface area (Å²) in [4.78, 5) is 28.9. The number of hydrogen-bond acceptors (Lipinski definition) is 4. The van der Waals surface area contributed by atoms with Crippen molar-refractivity contribution in [2.75, 3.05) is 5.32 Å². The van der Waals surface area contributed by atoms with E-state index in [0.717, 1.165) is 5.56 Å². The molecule has 4 aromatic rings. The molecule has 2 heterocycles. The van der Waals surface area contributed by atoms with Crippen molar-refractivity contribution in [1.29, 1.82) is 0 Å². The molecule has 0 fully saturated rings. The third kappa shape index (κ3) is 4.20. The zero-order valence-corrected chi connectivity index (χ0v) is 16.1. The average molecular weight is 403 g/mol. The summed E-state index contributed by atoms with van der Waals surface area (Å²) in [7, 11) is 0. The summed E-state index contributed by atoms with van der Waals surface area (Å²) in [6.45, 7) is 2.03. The molecule has 30 heavy (non-hydrogen) atoms. The predicted octanol–water partition coefficient (Wildman–Crippen LogP) is 3.97. The van der Waals surface area contributed by atoms with E-state index in [0.29, 0.717) is 28.3 Å². The molecule has 1 amide bonds. The number of nitrogens with one attached hydrogen (secondary N) is 1. The van der Waals surface area contributed by atoms with E-state index < -0.39 is 5.82 Å². The number of anilines is 1. The fourth-order valence-corrected chi connectivity index (χ4v) is 2.98. The van der Waals surface area contributed by atoms with Crippen molar-refractivity contribution in [2.45, 2.75) is 13.5 Å². The van der Waals surface area contributed by atoms with E-state index in [-0.39, 0.29) is 18.1 Å². The largest absolute Gasteiger partial charge is 0.487 e. The van der Waals surface area contributed by atoms with Gasteiger partial charge in [-0.05, 0) is 67.1 Å². The van der Waals surface area contributed by atoms with Gasteiger partial charge in [-0.15, -0.1) is 0 Å². The van der Waals surface area contributed by atoms with Crippen LogP contribution in [0.4, 0.5) is 10.1 Å². The number of aromatic nitrogens is 2. The van der Waals surface area contributed by atoms with Crippen LogP contribution in [0.15, 0.2) is 77.7 Å². The van der Waals surface area contributed by atoms with Gasteiger partial charge < -0.3 is 10.1 Å². The van der Waals surface area contributed by atoms with Crippen molar-refractivity contribution in [3.05, 3.63) is 106 Å². The number of carbonyl (C=O) groups excluding carboxylic acids is 1. The molecule has 6 nitrogen and oxygen atoms in total. The van der Waals surface area contributed by atoms with Gasteiger partial charge in [-0.25, -0.2) is 9.37 Å². The minimum absolute atomic E-state index is 0.140. The SMILES string of the molecule is Cc1cccn2c(=O)cc(COc3ccc(NC(=O)c4ccc(F)cc4)cc3)nc12. The molecule has 0 unspecified atom stereocenters. The van der Waals surface area contributed by atoms with Gasteiger partial charge in [0.1, 0.15) is 23.8 Å². The Hall–Kier alpha value is -4.00. The minimum Gasteiger partial charge on any atom is -0.487 e. The van der Waals surface area contributed by atoms with Gasteiger partial charge in [0.2, 0.25) is 0 Å². The zero-order valence-electron chi connectivity index (χ0n) is 16.1. The topological polar surface area (TPSA) is 72.7 Å². The second-order valence-corrected chi connectivity index (χ2v) is 6.74. The molecule has 0 bridgehead atoms. The van der Waals surface area contributed by atoms with Crippen molar-refractivity contribution in [3.63, 3.8) is 0 Å². The van der Waals surface area contributed by atoms with E-state index in [1.165, 1.54) is 34.7 Å². The average Bonchev–Trinajstić information content (AvgIpc) is 2.74. The summed E-state index contributed by atoms with van der Waals surface area (Å²) in [6.07, 6.45) is 1.68. The predicted molar refractivity (Wildman–Crippen MR) is 111 cm³/mol. The lowest BCUT2D eigenvalue weighted by atomic mass is 10.2. The van der Waals surface area contributed by atoms with Crippen LogP contribution >= 0.6 is 0 Å². The molecule has 0 atom stereocenters. The molecule has 1 N–H and O–H groups in total. The maximum absolute atomic E-state index is 13.0. The number of rotatable bonds is 5. The van der Waals surface area contributed by atoms with Crippen LogP contribution < -0.4 is 15.6 Å². The van der Waals surface area contributed by atoms with E-state index >= 15 is 0 Å². The first kappa shape index (κ1) is 19.3. The summed E-state index contributed by atoms with van der Waals surface area (Å²) in [5, 5.41) is 2.74. The van der Waals surface area contributed by atoms with Crippen molar-refractivity contribution in [1.82, 2.24) is 9.38 Å². The molecule has 0 saturated heterocycles. The zero-order chi connectivity index (χ0) is 21.1. The van der Waals surface area contributed by atoms with Crippen LogP contribution in [0.2, 0.25) is 0 Å². The molecule has 0 aliphatic heterocycles. The van der Waals surface area contributed by atoms with Crippen molar-refractivity contribution < 1.29 is 13.9 Å². The molecular formula is C23H18FN3O3. The summed E-state index contributed by atoms with van der Waals surface area (Å²) in [5.74, 6) is -0.159. The van der Waals surface area contributed by atoms with Crippen LogP contribution in [0, 0.1) is 12.7 Å². The van der Waals surface area contributed by atoms with Crippen LogP contribution in [0.3, 0.4) is 0 Å². The van der Waals surface area contributed by atoms with E-state index in [9.17, 15) is 14.0 Å². The molecule has 7 heteroatoms. The quantitative estimate of drug-likeness (QED) is 0.547. The fraction of sp³-hybridized carbons (Fsp3) is 0.0870. The maximum atomic E-state index is 13.0. The Balaban J connectivity index is 1.42. The van der Waals surface area contributed by atoms with Crippen LogP contribution in [0.5, 0.6) is 5.75 Å². The Kier molecular flexibility index (Phi) is 5.26. The molecule has 2 aromatic heterocycles. The van der Waals surface area contributed by atoms with E-state index in [1.807, 2.05) is 13.0 Å². The van der Waals surface area contributed by atoms with Crippen LogP contribution in [-0.4, -0.2) is 15.3 Å². The number of amides is 1. The molecule has 0 aliphatic carbocycles. The summed E-state index contributed by atoms with van der Waals surface area (Å²) < 4.78 is 20.2. The number of fused-ring (bicyclic) bond motifs is 1. The van der Waals surface area contributed by atoms with Gasteiger partial charge in [-0.1, -0.05) is 6.07 Å². The highest BCUT2D eigenvalue weighted by atomic mass is 19.1. The highest BCUT2D eigenvalue weighted by Crippen LogP contribution is 2.18. The number of carbonyl (C=O) groups is 1. The summed E-state index contributed by atoms with van der Waals surface area (Å²) in [6, 6.07) is 17.3. The lowest BCUT2D eigenvalue weighted by Gasteiger charge is -2.09. The Bertz CT molecular complexity index is 1270. The summed E-state index contributed by atoms with van der Waals surface area (Å²) >= 11 is 0. The molecule has 150 valence electrons. The molecule has 4 rings (SSSR count). The van der Waals surface area contributed by atoms with Crippen molar-refractivity contribution in [2.24, 2.45) is 0 Å². The monoisotopic (exact) mass is 403 g/mol. The first-order valence-corrected chi connectivity index (χ1v) is 9.27. The third-order valence-electron chi connectivity index (χ3n) is 4.54. The highest BCUT2D eigenvalue weighted by molar-refractivity contribution is 6.04. The van der Waals surface area contributed by atoms with E-state index in [2.05, 4.69) is 10.3 Å². The Morgan fingerprint density at radius 3 is 2.57 bits per heavy atom. The fourth-order valence-electron chi connectivity index (χ4n) is 2.98. The van der Waals surface area contributed by atoms with Gasteiger partial charge >= 0.3 is 0 Å². The number of nitrogens with zero attached hydrogens (tertiary/aromatic N) is 2. The minimum atomic E-state index is -0.396. The van der Waals surface area contributed by atoms with E-state index in [1.54, 1.807) is 36.5 Å². The first-order valence-electron chi connectivity index (χ1n) is 9.27. The van der Waals surface area contributed by atoms with Gasteiger partial charge in [-0.2, -0.15) is 0 Å². The maximum Gasteiger partial charge on any atom is 0.258 e. The lowest BCUT2D eigenvalue weighted by molar-refractivity contribution is 0.102. The third-order valence-corrected chi connectivity index (χ3v) is 4.54. The molecule has 0 saturated carbocycles. The Morgan fingerprint density at radius 2 is 1.83 bits per heavy atom. The molecule has 0 radical (unpaired) electrons. The van der Waals surface area contributed by atoms with Crippen LogP contribution in [0.1, 0.15) is 21.6 Å². The smallest absolute Gasteiger partial charge is 0.258 e. The van der Waals surface area contributed by atoms with Crippen molar-refractivity contribution >= 4 is 17.2 Å². The van der Waals surface area contributed by atoms with E-state index in [4.69, 9.17) is 4.74 Å². The number of hydrogen-bond donors (Lipinski definition) is 1. The normalized spacial score (nSPS) is 10.7. The highest BCUT2D eigenvalue weighted by Gasteiger charge is 2.08. The van der Waals surface area contributed by atoms with Gasteiger partial charge in [-0.3, -0.25) is 14.0 Å². The number of pyridine rings is 1. The van der Waals surface area contributed by atoms with Gasteiger partial charge in [0.15, 0.2) is 0 Å². The Labute approximate surface area is 171 Å². The molecule has 0 aliphatic rings. The first-order chi connectivity index (χ1) is 14.5. The number of halogens is 1. The Morgan fingerprint density at radius 1 is 1.10 bits per heavy atom. The molecular weight excluding hydrogens is 385 g/mol. The standard InChI is InChI=1S/C23H18FN3O3/c1-15-3-2-12-27-21(28)13-19(25-22(15)27)14-30-20-10-8-18(9-11-20)26-23(29)16-4-6-17(24)7-5-16/h2-13H,14H2,1H3,(H,26,29). The second kappa shape index (κ2) is 8.16. The van der Waals surface area contributed by atoms with Crippen LogP contribution in [0.25, 0.3) is 5.65 Å². The number of aryl methyl sites for hydroxylation is 1. The summed E-state index contributed by atoms with van der Waals surface area (Å²) in [5.41, 5.74) is 2.80. The van der Waals surface area contributed by atoms with Gasteiger partial charge in [0, 0.05) is 23.5 Å². The molecule has 0 spiro atoms. The second-order valence-electron chi connectivity index (χ2n) is 6.74. The number of ether oxygens (including phenoxy) is 1. The van der Waals surface area contributed by atoms with Gasteiger partial charge in [0.05, 0.1) is 5.69 Å². The van der Waals surface area contributed by atoms with Crippen molar-refractivity contribution in [3.8, 4) is 5.75 Å². The number of benzene rings is 2. The molecule has 2 aromatic carbocycles. The van der Waals surface area contributed by atoms with Crippen LogP contribution in [-0.2, 0) is 6.61 Å². The van der Waals surface area contributed by atoms with Gasteiger partial charge in [0.25, 0.3) is 11.5 Å². The lowest BCUT2D eigenvalue weighted by Crippen LogP contribution is -2.17.